The van der Waals surface area contributed by atoms with E-state index in [9.17, 15) is 33.0 Å². The molecule has 4 rings (SSSR count). The van der Waals surface area contributed by atoms with Crippen LogP contribution in [0.5, 0.6) is 11.5 Å². The molecule has 0 spiro atoms. The summed E-state index contributed by atoms with van der Waals surface area (Å²) in [7, 11) is -4.08. The highest BCUT2D eigenvalue weighted by molar-refractivity contribution is 7.98. The molecular formula is C40H54N4O8S2. The molecule has 1 aliphatic heterocycles. The first kappa shape index (κ1) is 42.5. The number of sulfonamides is 1. The van der Waals surface area contributed by atoms with E-state index in [2.05, 4.69) is 34.1 Å². The number of amides is 2. The number of carboxylic acid groups (broad SMARTS) is 1. The zero-order valence-corrected chi connectivity index (χ0v) is 33.6. The fourth-order valence-electron chi connectivity index (χ4n) is 6.62. The highest BCUT2D eigenvalue weighted by Crippen LogP contribution is 2.44. The lowest BCUT2D eigenvalue weighted by Crippen LogP contribution is -2.53. The topological polar surface area (TPSA) is 174 Å². The van der Waals surface area contributed by atoms with Crippen LogP contribution in [0.4, 0.5) is 11.4 Å². The molecule has 0 aromatic heterocycles. The zero-order chi connectivity index (χ0) is 39.7. The molecule has 0 fully saturated rings. The van der Waals surface area contributed by atoms with Gasteiger partial charge in [0.25, 0.3) is 5.91 Å². The Balaban J connectivity index is 1.68. The summed E-state index contributed by atoms with van der Waals surface area (Å²) in [6.07, 6.45) is 6.83. The second-order valence-corrected chi connectivity index (χ2v) is 17.5. The summed E-state index contributed by atoms with van der Waals surface area (Å²) in [4.78, 5) is 41.8. The first-order valence-electron chi connectivity index (χ1n) is 18.3. The SMILES string of the molecule is CCCCC1(CCCC)CN(c2ccccc2)c2cc(SC)c(OCC(=O)N[C@@H](C(=O)N[C@H](CC(C)(C)C)C(=O)O)c3ccc(O)cc3)cc2S(=O)(=O)N1. The minimum absolute atomic E-state index is 0.0225. The van der Waals surface area contributed by atoms with Crippen LogP contribution >= 0.6 is 11.8 Å². The van der Waals surface area contributed by atoms with Gasteiger partial charge < -0.3 is 30.5 Å². The lowest BCUT2D eigenvalue weighted by molar-refractivity contribution is -0.143. The van der Waals surface area contributed by atoms with Gasteiger partial charge in [-0.1, -0.05) is 90.6 Å². The Morgan fingerprint density at radius 1 is 0.981 bits per heavy atom. The number of thioether (sulfide) groups is 1. The molecule has 0 aliphatic carbocycles. The number of unbranched alkanes of at least 4 members (excludes halogenated alkanes) is 2. The third-order valence-electron chi connectivity index (χ3n) is 9.31. The highest BCUT2D eigenvalue weighted by Gasteiger charge is 2.42. The van der Waals surface area contributed by atoms with Crippen molar-refractivity contribution in [2.45, 2.75) is 107 Å². The predicted octanol–water partition coefficient (Wildman–Crippen LogP) is 6.91. The number of aliphatic carboxylic acids is 1. The number of hydrogen-bond donors (Lipinski definition) is 5. The maximum Gasteiger partial charge on any atom is 0.326 e. The van der Waals surface area contributed by atoms with Crippen molar-refractivity contribution in [2.24, 2.45) is 5.41 Å². The molecule has 0 unspecified atom stereocenters. The molecule has 12 nitrogen and oxygen atoms in total. The van der Waals surface area contributed by atoms with Gasteiger partial charge in [0.15, 0.2) is 6.61 Å². The molecular weight excluding hydrogens is 729 g/mol. The Morgan fingerprint density at radius 2 is 1.61 bits per heavy atom. The van der Waals surface area contributed by atoms with Gasteiger partial charge >= 0.3 is 5.97 Å². The molecule has 14 heteroatoms. The van der Waals surface area contributed by atoms with Gasteiger partial charge in [0.1, 0.15) is 28.5 Å². The van der Waals surface area contributed by atoms with Gasteiger partial charge in [0.05, 0.1) is 16.1 Å². The van der Waals surface area contributed by atoms with Gasteiger partial charge in [-0.3, -0.25) is 9.59 Å². The standard InChI is InChI=1S/C40H54N4O8S2/c1-7-9-20-40(21-10-8-2)26-44(28-14-12-11-13-15-28)31-22-33(53-6)32(23-34(31)54(50,51)43-40)52-25-35(46)42-36(27-16-18-29(45)19-17-27)37(47)41-30(38(48)49)24-39(3,4)5/h11-19,22-23,30,36,43,45H,7-10,20-21,24-26H2,1-6H3,(H,41,47)(H,42,46)(H,48,49)/t30-,36-/m1/s1. The maximum absolute atomic E-state index is 14.3. The van der Waals surface area contributed by atoms with Crippen molar-refractivity contribution < 1.29 is 37.8 Å². The van der Waals surface area contributed by atoms with Crippen LogP contribution in [0.3, 0.4) is 0 Å². The molecule has 0 radical (unpaired) electrons. The van der Waals surface area contributed by atoms with E-state index in [-0.39, 0.29) is 22.8 Å². The first-order valence-corrected chi connectivity index (χ1v) is 21.0. The Bertz CT molecular complexity index is 1860. The number of nitrogens with zero attached hydrogens (tertiary/aromatic N) is 1. The average Bonchev–Trinajstić information content (AvgIpc) is 3.22. The summed E-state index contributed by atoms with van der Waals surface area (Å²) < 4.78 is 37.8. The molecule has 5 N–H and O–H groups in total. The number of ether oxygens (including phenoxy) is 1. The van der Waals surface area contributed by atoms with E-state index in [4.69, 9.17) is 4.74 Å². The van der Waals surface area contributed by atoms with Gasteiger partial charge in [-0.15, -0.1) is 11.8 Å². The summed E-state index contributed by atoms with van der Waals surface area (Å²) in [5.74, 6) is -2.56. The maximum atomic E-state index is 14.3. The molecule has 0 saturated heterocycles. The third-order valence-corrected chi connectivity index (χ3v) is 11.7. The number of benzene rings is 3. The normalized spacial score (nSPS) is 16.0. The van der Waals surface area contributed by atoms with Gasteiger partial charge in [0.2, 0.25) is 15.9 Å². The number of rotatable bonds is 17. The Hall–Kier alpha value is -4.27. The largest absolute Gasteiger partial charge is 0.508 e. The van der Waals surface area contributed by atoms with Crippen molar-refractivity contribution >= 4 is 50.9 Å². The van der Waals surface area contributed by atoms with Crippen molar-refractivity contribution in [1.29, 1.82) is 0 Å². The Kier molecular flexibility index (Phi) is 14.5. The average molecular weight is 783 g/mol. The first-order chi connectivity index (χ1) is 25.5. The summed E-state index contributed by atoms with van der Waals surface area (Å²) in [5.41, 5.74) is 0.508. The van der Waals surface area contributed by atoms with Crippen LogP contribution in [-0.4, -0.2) is 67.4 Å². The van der Waals surface area contributed by atoms with E-state index in [0.717, 1.165) is 31.4 Å². The van der Waals surface area contributed by atoms with E-state index < -0.39 is 57.5 Å². The minimum atomic E-state index is -4.08. The smallest absolute Gasteiger partial charge is 0.326 e. The number of phenolic OH excluding ortho intramolecular Hbond substituents is 1. The molecule has 3 aromatic rings. The van der Waals surface area contributed by atoms with Crippen molar-refractivity contribution in [1.82, 2.24) is 15.4 Å². The fraction of sp³-hybridized carbons (Fsp3) is 0.475. The van der Waals surface area contributed by atoms with E-state index >= 15 is 0 Å². The fourth-order valence-corrected chi connectivity index (χ4v) is 8.83. The van der Waals surface area contributed by atoms with Crippen LogP contribution in [0.2, 0.25) is 0 Å². The summed E-state index contributed by atoms with van der Waals surface area (Å²) in [5, 5.41) is 24.9. The molecule has 0 saturated carbocycles. The van der Waals surface area contributed by atoms with Crippen LogP contribution in [0.25, 0.3) is 0 Å². The van der Waals surface area contributed by atoms with Crippen LogP contribution in [0.1, 0.15) is 91.2 Å². The van der Waals surface area contributed by atoms with Crippen molar-refractivity contribution in [3.8, 4) is 11.5 Å². The second kappa shape index (κ2) is 18.4. The summed E-state index contributed by atoms with van der Waals surface area (Å²) >= 11 is 1.34. The highest BCUT2D eigenvalue weighted by atomic mass is 32.2. The minimum Gasteiger partial charge on any atom is -0.508 e. The van der Waals surface area contributed by atoms with Crippen LogP contribution in [-0.2, 0) is 24.4 Å². The van der Waals surface area contributed by atoms with E-state index in [1.807, 2.05) is 57.4 Å². The van der Waals surface area contributed by atoms with Crippen molar-refractivity contribution in [2.75, 3.05) is 24.3 Å². The van der Waals surface area contributed by atoms with E-state index in [1.165, 1.54) is 42.1 Å². The quantitative estimate of drug-likeness (QED) is 0.0906. The molecule has 2 atom stereocenters. The zero-order valence-electron chi connectivity index (χ0n) is 32.0. The van der Waals surface area contributed by atoms with Crippen LogP contribution in [0.15, 0.2) is 76.5 Å². The van der Waals surface area contributed by atoms with Crippen molar-refractivity contribution in [3.63, 3.8) is 0 Å². The molecule has 1 aliphatic rings. The Morgan fingerprint density at radius 3 is 2.17 bits per heavy atom. The second-order valence-electron chi connectivity index (χ2n) is 15.0. The number of aromatic hydroxyl groups is 1. The van der Waals surface area contributed by atoms with Crippen LogP contribution < -0.4 is 25.0 Å². The predicted molar refractivity (Wildman–Crippen MR) is 212 cm³/mol. The number of anilines is 2. The third kappa shape index (κ3) is 11.1. The molecule has 3 aromatic carbocycles. The number of hydrogen-bond acceptors (Lipinski definition) is 9. The van der Waals surface area contributed by atoms with Gasteiger partial charge in [0, 0.05) is 18.3 Å². The summed E-state index contributed by atoms with van der Waals surface area (Å²) in [6, 6.07) is 16.0. The molecule has 1 heterocycles. The molecule has 2 amide bonds. The number of carbonyl (C=O) groups is 3. The molecule has 54 heavy (non-hydrogen) atoms. The van der Waals surface area contributed by atoms with Gasteiger partial charge in [-0.2, -0.15) is 0 Å². The van der Waals surface area contributed by atoms with E-state index in [0.29, 0.717) is 35.5 Å². The number of nitrogens with one attached hydrogen (secondary N) is 3. The molecule has 294 valence electrons. The lowest BCUT2D eigenvalue weighted by atomic mass is 9.87. The number of para-hydroxylation sites is 1. The number of carbonyl (C=O) groups excluding carboxylic acids is 2. The van der Waals surface area contributed by atoms with Crippen LogP contribution in [0, 0.1) is 5.41 Å². The van der Waals surface area contributed by atoms with Gasteiger partial charge in [-0.25, -0.2) is 17.9 Å². The number of carboxylic acids is 1. The number of fused-ring (bicyclic) bond motifs is 1. The monoisotopic (exact) mass is 782 g/mol. The van der Waals surface area contributed by atoms with Gasteiger partial charge in [-0.05, 0) is 66.8 Å². The van der Waals surface area contributed by atoms with Crippen molar-refractivity contribution in [3.05, 3.63) is 72.3 Å². The number of phenols is 1. The Labute approximate surface area is 323 Å². The van der Waals surface area contributed by atoms with E-state index in [1.54, 1.807) is 6.07 Å². The molecule has 0 bridgehead atoms. The lowest BCUT2D eigenvalue weighted by Gasteiger charge is -2.37. The summed E-state index contributed by atoms with van der Waals surface area (Å²) in [6.45, 7) is 9.59.